The molecule has 2 N–H and O–H groups in total. The number of fused-ring (bicyclic) bond motifs is 1. The molecule has 1 aliphatic rings. The molecule has 1 aromatic rings. The fraction of sp³-hybridized carbons (Fsp3) is 0.500. The van der Waals surface area contributed by atoms with E-state index in [1.807, 2.05) is 6.92 Å². The first-order chi connectivity index (χ1) is 9.02. The molecule has 104 valence electrons. The van der Waals surface area contributed by atoms with Gasteiger partial charge in [-0.2, -0.15) is 0 Å². The van der Waals surface area contributed by atoms with Gasteiger partial charge in [-0.05, 0) is 18.9 Å². The summed E-state index contributed by atoms with van der Waals surface area (Å²) in [6.45, 7) is 7.67. The van der Waals surface area contributed by atoms with E-state index in [1.165, 1.54) is 0 Å². The van der Waals surface area contributed by atoms with Crippen molar-refractivity contribution in [1.82, 2.24) is 4.90 Å². The van der Waals surface area contributed by atoms with Gasteiger partial charge >= 0.3 is 0 Å². The molecular weight excluding hydrogens is 244 g/mol. The summed E-state index contributed by atoms with van der Waals surface area (Å²) in [5.74, 6) is 1.53. The van der Waals surface area contributed by atoms with Crippen LogP contribution in [-0.2, 0) is 0 Å². The van der Waals surface area contributed by atoms with Gasteiger partial charge in [-0.1, -0.05) is 13.8 Å². The van der Waals surface area contributed by atoms with Crippen molar-refractivity contribution in [3.63, 3.8) is 0 Å². The molecule has 19 heavy (non-hydrogen) atoms. The van der Waals surface area contributed by atoms with Crippen molar-refractivity contribution < 1.29 is 14.3 Å². The first-order valence-corrected chi connectivity index (χ1v) is 6.51. The maximum absolute atomic E-state index is 12.5. The summed E-state index contributed by atoms with van der Waals surface area (Å²) in [7, 11) is 0. The number of carbonyl (C=O) groups excluding carboxylic acids is 1. The monoisotopic (exact) mass is 264 g/mol. The van der Waals surface area contributed by atoms with Crippen molar-refractivity contribution in [1.29, 1.82) is 0 Å². The van der Waals surface area contributed by atoms with E-state index in [4.69, 9.17) is 15.2 Å². The van der Waals surface area contributed by atoms with Crippen LogP contribution in [0.3, 0.4) is 0 Å². The first kappa shape index (κ1) is 13.5. The van der Waals surface area contributed by atoms with Crippen LogP contribution in [0.4, 0.5) is 5.69 Å². The SMILES string of the molecule is CCN(CC(C)C)C(=O)c1cc2c(cc1N)OCO2. The molecule has 0 fully saturated rings. The van der Waals surface area contributed by atoms with Gasteiger partial charge in [0.25, 0.3) is 5.91 Å². The van der Waals surface area contributed by atoms with Crippen LogP contribution in [-0.4, -0.2) is 30.7 Å². The van der Waals surface area contributed by atoms with Gasteiger partial charge in [-0.3, -0.25) is 4.79 Å². The highest BCUT2D eigenvalue weighted by Gasteiger charge is 2.22. The summed E-state index contributed by atoms with van der Waals surface area (Å²) in [5, 5.41) is 0. The number of amides is 1. The van der Waals surface area contributed by atoms with Crippen LogP contribution in [0, 0.1) is 5.92 Å². The number of nitrogens with zero attached hydrogens (tertiary/aromatic N) is 1. The number of hydrogen-bond donors (Lipinski definition) is 1. The Morgan fingerprint density at radius 3 is 2.58 bits per heavy atom. The molecule has 0 saturated carbocycles. The Morgan fingerprint density at radius 2 is 2.00 bits per heavy atom. The molecule has 1 aliphatic heterocycles. The summed E-state index contributed by atoms with van der Waals surface area (Å²) in [6, 6.07) is 3.32. The summed E-state index contributed by atoms with van der Waals surface area (Å²) in [4.78, 5) is 14.3. The second-order valence-electron chi connectivity index (χ2n) is 5.03. The second kappa shape index (κ2) is 5.38. The Balaban J connectivity index is 2.27. The summed E-state index contributed by atoms with van der Waals surface area (Å²) in [5.41, 5.74) is 6.84. The number of anilines is 1. The minimum absolute atomic E-state index is 0.0630. The summed E-state index contributed by atoms with van der Waals surface area (Å²) >= 11 is 0. The highest BCUT2D eigenvalue weighted by molar-refractivity contribution is 6.00. The molecular formula is C14H20N2O3. The Labute approximate surface area is 113 Å². The second-order valence-corrected chi connectivity index (χ2v) is 5.03. The zero-order valence-corrected chi connectivity index (χ0v) is 11.6. The molecule has 1 aromatic carbocycles. The van der Waals surface area contributed by atoms with Crippen LogP contribution in [0.5, 0.6) is 11.5 Å². The van der Waals surface area contributed by atoms with E-state index < -0.39 is 0 Å². The van der Waals surface area contributed by atoms with Crippen molar-refractivity contribution in [2.24, 2.45) is 5.92 Å². The van der Waals surface area contributed by atoms with Crippen molar-refractivity contribution in [3.8, 4) is 11.5 Å². The van der Waals surface area contributed by atoms with Gasteiger partial charge in [0.15, 0.2) is 11.5 Å². The van der Waals surface area contributed by atoms with Crippen LogP contribution < -0.4 is 15.2 Å². The van der Waals surface area contributed by atoms with Gasteiger partial charge in [0.1, 0.15) is 0 Å². The molecule has 0 atom stereocenters. The quantitative estimate of drug-likeness (QED) is 0.846. The minimum Gasteiger partial charge on any atom is -0.454 e. The zero-order valence-electron chi connectivity index (χ0n) is 11.6. The van der Waals surface area contributed by atoms with Gasteiger partial charge in [0.2, 0.25) is 6.79 Å². The number of nitrogen functional groups attached to an aromatic ring is 1. The molecule has 0 aromatic heterocycles. The molecule has 0 bridgehead atoms. The van der Waals surface area contributed by atoms with E-state index in [9.17, 15) is 4.79 Å². The molecule has 0 radical (unpaired) electrons. The summed E-state index contributed by atoms with van der Waals surface area (Å²) in [6.07, 6.45) is 0. The summed E-state index contributed by atoms with van der Waals surface area (Å²) < 4.78 is 10.5. The van der Waals surface area contributed by atoms with E-state index in [0.717, 1.165) is 0 Å². The maximum Gasteiger partial charge on any atom is 0.256 e. The van der Waals surface area contributed by atoms with Crippen molar-refractivity contribution >= 4 is 11.6 Å². The molecule has 1 amide bonds. The van der Waals surface area contributed by atoms with Gasteiger partial charge in [0, 0.05) is 24.8 Å². The van der Waals surface area contributed by atoms with Crippen molar-refractivity contribution in [2.75, 3.05) is 25.6 Å². The number of nitrogens with two attached hydrogens (primary N) is 1. The first-order valence-electron chi connectivity index (χ1n) is 6.51. The molecule has 1 heterocycles. The van der Waals surface area contributed by atoms with Gasteiger partial charge in [-0.15, -0.1) is 0 Å². The third-order valence-electron chi connectivity index (χ3n) is 3.03. The number of hydrogen-bond acceptors (Lipinski definition) is 4. The molecule has 5 nitrogen and oxygen atoms in total. The Hall–Kier alpha value is -1.91. The van der Waals surface area contributed by atoms with Crippen LogP contribution in [0.2, 0.25) is 0 Å². The van der Waals surface area contributed by atoms with Crippen molar-refractivity contribution in [3.05, 3.63) is 17.7 Å². The number of benzene rings is 1. The lowest BCUT2D eigenvalue weighted by molar-refractivity contribution is 0.0746. The normalized spacial score (nSPS) is 12.8. The molecule has 2 rings (SSSR count). The predicted octanol–water partition coefficient (Wildman–Crippen LogP) is 2.12. The Morgan fingerprint density at radius 1 is 1.37 bits per heavy atom. The molecule has 0 aliphatic carbocycles. The standard InChI is InChI=1S/C14H20N2O3/c1-4-16(7-9(2)3)14(17)10-5-12-13(6-11(10)15)19-8-18-12/h5-6,9H,4,7-8,15H2,1-3H3. The lowest BCUT2D eigenvalue weighted by atomic mass is 10.1. The van der Waals surface area contributed by atoms with E-state index in [2.05, 4.69) is 13.8 Å². The number of rotatable bonds is 4. The van der Waals surface area contributed by atoms with Crippen molar-refractivity contribution in [2.45, 2.75) is 20.8 Å². The van der Waals surface area contributed by atoms with E-state index in [1.54, 1.807) is 17.0 Å². The average Bonchev–Trinajstić information content (AvgIpc) is 2.80. The Kier molecular flexibility index (Phi) is 3.83. The minimum atomic E-state index is -0.0630. The molecule has 0 spiro atoms. The largest absolute Gasteiger partial charge is 0.454 e. The predicted molar refractivity (Wildman–Crippen MR) is 73.4 cm³/mol. The third kappa shape index (κ3) is 2.75. The average molecular weight is 264 g/mol. The highest BCUT2D eigenvalue weighted by Crippen LogP contribution is 2.36. The van der Waals surface area contributed by atoms with E-state index in [-0.39, 0.29) is 12.7 Å². The lowest BCUT2D eigenvalue weighted by Gasteiger charge is -2.23. The van der Waals surface area contributed by atoms with Gasteiger partial charge in [0.05, 0.1) is 5.56 Å². The van der Waals surface area contributed by atoms with Crippen LogP contribution in [0.15, 0.2) is 12.1 Å². The fourth-order valence-electron chi connectivity index (χ4n) is 2.11. The van der Waals surface area contributed by atoms with E-state index in [0.29, 0.717) is 41.8 Å². The van der Waals surface area contributed by atoms with Crippen LogP contribution in [0.1, 0.15) is 31.1 Å². The van der Waals surface area contributed by atoms with Gasteiger partial charge < -0.3 is 20.1 Å². The smallest absolute Gasteiger partial charge is 0.256 e. The fourth-order valence-corrected chi connectivity index (χ4v) is 2.11. The van der Waals surface area contributed by atoms with Crippen LogP contribution >= 0.6 is 0 Å². The van der Waals surface area contributed by atoms with Crippen LogP contribution in [0.25, 0.3) is 0 Å². The molecule has 5 heteroatoms. The lowest BCUT2D eigenvalue weighted by Crippen LogP contribution is -2.34. The molecule has 0 saturated heterocycles. The van der Waals surface area contributed by atoms with Gasteiger partial charge in [-0.25, -0.2) is 0 Å². The third-order valence-corrected chi connectivity index (χ3v) is 3.03. The topological polar surface area (TPSA) is 64.8 Å². The molecule has 0 unspecified atom stereocenters. The van der Waals surface area contributed by atoms with E-state index >= 15 is 0 Å². The Bertz CT molecular complexity index is 486. The highest BCUT2D eigenvalue weighted by atomic mass is 16.7. The zero-order chi connectivity index (χ0) is 14.0. The number of ether oxygens (including phenoxy) is 2. The number of carbonyl (C=O) groups is 1. The maximum atomic E-state index is 12.5.